The van der Waals surface area contributed by atoms with Crippen molar-refractivity contribution in [3.63, 3.8) is 0 Å². The molecule has 1 rings (SSSR count). The molecule has 12 heteroatoms. The Labute approximate surface area is 254 Å². The van der Waals surface area contributed by atoms with Crippen molar-refractivity contribution < 1.29 is 52.3 Å². The Kier molecular flexibility index (Phi) is 17.8. The normalized spacial score (nSPS) is 13.1. The monoisotopic (exact) mass is 611 g/mol. The Morgan fingerprint density at radius 2 is 1.23 bits per heavy atom. The largest absolute Gasteiger partial charge is 0.513 e. The predicted octanol–water partition coefficient (Wildman–Crippen LogP) is 6.34. The predicted molar refractivity (Wildman–Crippen MR) is 158 cm³/mol. The highest BCUT2D eigenvalue weighted by Gasteiger charge is 2.25. The van der Waals surface area contributed by atoms with E-state index in [1.165, 1.54) is 12.1 Å². The van der Waals surface area contributed by atoms with E-state index in [1.54, 1.807) is 19.9 Å². The Balaban J connectivity index is 2.84. The van der Waals surface area contributed by atoms with Crippen LogP contribution in [0.2, 0.25) is 0 Å². The number of nitrogens with two attached hydrogens (primary N) is 1. The molecule has 3 atom stereocenters. The van der Waals surface area contributed by atoms with Gasteiger partial charge in [-0.15, -0.1) is 0 Å². The first-order valence-electron chi connectivity index (χ1n) is 14.9. The maximum absolute atomic E-state index is 12.7. The van der Waals surface area contributed by atoms with Gasteiger partial charge in [-0.05, 0) is 69.1 Å². The smallest absolute Gasteiger partial charge is 0.458 e. The molecule has 0 fully saturated rings. The number of esters is 1. The van der Waals surface area contributed by atoms with Crippen molar-refractivity contribution >= 4 is 24.4 Å². The van der Waals surface area contributed by atoms with Crippen molar-refractivity contribution in [2.75, 3.05) is 19.8 Å². The lowest BCUT2D eigenvalue weighted by atomic mass is 10.1. The third-order valence-corrected chi connectivity index (χ3v) is 6.20. The lowest BCUT2D eigenvalue weighted by Crippen LogP contribution is -2.39. The van der Waals surface area contributed by atoms with Gasteiger partial charge in [0.2, 0.25) is 0 Å². The fourth-order valence-electron chi connectivity index (χ4n) is 3.33. The fourth-order valence-corrected chi connectivity index (χ4v) is 3.33. The van der Waals surface area contributed by atoms with Crippen LogP contribution in [-0.2, 0) is 34.9 Å². The second-order valence-corrected chi connectivity index (χ2v) is 11.1. The van der Waals surface area contributed by atoms with Crippen molar-refractivity contribution in [1.29, 1.82) is 0 Å². The minimum Gasteiger partial charge on any atom is -0.458 e. The first kappa shape index (κ1) is 37.5. The summed E-state index contributed by atoms with van der Waals surface area (Å²) in [6, 6.07) is 3.27. The van der Waals surface area contributed by atoms with E-state index in [0.29, 0.717) is 30.2 Å². The highest BCUT2D eigenvalue weighted by molar-refractivity contribution is 5.76. The molecule has 2 N–H and O–H groups in total. The van der Waals surface area contributed by atoms with Crippen LogP contribution in [0.25, 0.3) is 0 Å². The number of carbonyl (C=O) groups excluding carboxylic acids is 4. The van der Waals surface area contributed by atoms with Gasteiger partial charge < -0.3 is 38.9 Å². The molecule has 0 saturated heterocycles. The summed E-state index contributed by atoms with van der Waals surface area (Å²) in [5, 5.41) is 0. The number of unbranched alkanes of at least 4 members (excludes halogenated alkanes) is 2. The molecule has 0 saturated carbocycles. The van der Waals surface area contributed by atoms with Crippen LogP contribution in [0.4, 0.5) is 14.4 Å². The molecule has 244 valence electrons. The van der Waals surface area contributed by atoms with Gasteiger partial charge in [-0.3, -0.25) is 4.79 Å². The highest BCUT2D eigenvalue weighted by Crippen LogP contribution is 2.30. The third-order valence-electron chi connectivity index (χ3n) is 6.20. The summed E-state index contributed by atoms with van der Waals surface area (Å²) in [5.74, 6) is -0.266. The van der Waals surface area contributed by atoms with Crippen LogP contribution in [0.3, 0.4) is 0 Å². The Morgan fingerprint density at radius 3 is 1.79 bits per heavy atom. The standard InChI is InChI=1S/C31H49NO11/c1-8-9-10-15-37-29(34)41-23(7)22(6)40-28(33)25(32)18-24-11-12-26(42-30(35)38-16-13-20(2)3)27(19-24)43-31(36)39-17-14-21(4)5/h11-12,19-23,25H,8-10,13-18,32H2,1-7H3/t22-,23-,25-/m0/s1. The molecule has 0 aliphatic carbocycles. The third kappa shape index (κ3) is 16.6. The number of hydrogen-bond acceptors (Lipinski definition) is 12. The molecular weight excluding hydrogens is 562 g/mol. The van der Waals surface area contributed by atoms with Gasteiger partial charge in [-0.1, -0.05) is 53.5 Å². The molecule has 0 heterocycles. The van der Waals surface area contributed by atoms with E-state index in [-0.39, 0.29) is 37.7 Å². The maximum atomic E-state index is 12.7. The van der Waals surface area contributed by atoms with Crippen LogP contribution >= 0.6 is 0 Å². The fraction of sp³-hybridized carbons (Fsp3) is 0.677. The number of benzene rings is 1. The molecule has 0 amide bonds. The molecule has 43 heavy (non-hydrogen) atoms. The van der Waals surface area contributed by atoms with Crippen LogP contribution in [0.15, 0.2) is 18.2 Å². The summed E-state index contributed by atoms with van der Waals surface area (Å²) < 4.78 is 36.4. The number of ether oxygens (including phenoxy) is 7. The van der Waals surface area contributed by atoms with Gasteiger partial charge in [0, 0.05) is 0 Å². The average molecular weight is 612 g/mol. The van der Waals surface area contributed by atoms with E-state index in [0.717, 1.165) is 19.3 Å². The van der Waals surface area contributed by atoms with Gasteiger partial charge >= 0.3 is 24.4 Å². The number of carbonyl (C=O) groups is 4. The Morgan fingerprint density at radius 1 is 0.698 bits per heavy atom. The lowest BCUT2D eigenvalue weighted by Gasteiger charge is -2.22. The highest BCUT2D eigenvalue weighted by atomic mass is 16.7. The van der Waals surface area contributed by atoms with Crippen molar-refractivity contribution in [2.45, 2.75) is 105 Å². The van der Waals surface area contributed by atoms with Gasteiger partial charge in [0.1, 0.15) is 18.2 Å². The van der Waals surface area contributed by atoms with E-state index in [1.807, 2.05) is 34.6 Å². The SMILES string of the molecule is CCCCCOC(=O)O[C@@H](C)[C@H](C)OC(=O)[C@@H](N)Cc1ccc(OC(=O)OCCC(C)C)c(OC(=O)OCCC(C)C)c1. The summed E-state index contributed by atoms with van der Waals surface area (Å²) in [5.41, 5.74) is 6.58. The Bertz CT molecular complexity index is 1010. The molecule has 0 aromatic heterocycles. The molecule has 0 spiro atoms. The molecule has 1 aromatic carbocycles. The molecule has 12 nitrogen and oxygen atoms in total. The van der Waals surface area contributed by atoms with Gasteiger partial charge in [0.05, 0.1) is 19.8 Å². The van der Waals surface area contributed by atoms with Crippen LogP contribution < -0.4 is 15.2 Å². The number of hydrogen-bond donors (Lipinski definition) is 1. The van der Waals surface area contributed by atoms with Gasteiger partial charge in [-0.2, -0.15) is 0 Å². The second-order valence-electron chi connectivity index (χ2n) is 11.1. The zero-order chi connectivity index (χ0) is 32.4. The van der Waals surface area contributed by atoms with E-state index < -0.39 is 42.7 Å². The van der Waals surface area contributed by atoms with Crippen LogP contribution in [0, 0.1) is 11.8 Å². The first-order valence-corrected chi connectivity index (χ1v) is 14.9. The van der Waals surface area contributed by atoms with E-state index >= 15 is 0 Å². The average Bonchev–Trinajstić information content (AvgIpc) is 2.92. The molecule has 0 bridgehead atoms. The number of rotatable bonds is 18. The quantitative estimate of drug-likeness (QED) is 0.0850. The van der Waals surface area contributed by atoms with Crippen molar-refractivity contribution in [3.05, 3.63) is 23.8 Å². The molecular formula is C31H49NO11. The molecule has 0 aliphatic heterocycles. The summed E-state index contributed by atoms with van der Waals surface area (Å²) in [6.07, 6.45) is -0.380. The van der Waals surface area contributed by atoms with E-state index in [9.17, 15) is 19.2 Å². The zero-order valence-electron chi connectivity index (χ0n) is 26.6. The van der Waals surface area contributed by atoms with Gasteiger partial charge in [0.25, 0.3) is 0 Å². The molecule has 1 aromatic rings. The lowest BCUT2D eigenvalue weighted by molar-refractivity contribution is -0.155. The minimum absolute atomic E-state index is 0.00185. The Hall–Kier alpha value is -3.54. The van der Waals surface area contributed by atoms with E-state index in [4.69, 9.17) is 38.9 Å². The van der Waals surface area contributed by atoms with Crippen LogP contribution in [0.5, 0.6) is 11.5 Å². The summed E-state index contributed by atoms with van der Waals surface area (Å²) in [4.78, 5) is 49.0. The summed E-state index contributed by atoms with van der Waals surface area (Å²) in [6.45, 7) is 13.7. The van der Waals surface area contributed by atoms with Crippen molar-refractivity contribution in [1.82, 2.24) is 0 Å². The van der Waals surface area contributed by atoms with Gasteiger partial charge in [0.15, 0.2) is 11.5 Å². The van der Waals surface area contributed by atoms with Crippen LogP contribution in [0.1, 0.15) is 86.1 Å². The topological polar surface area (TPSA) is 159 Å². The van der Waals surface area contributed by atoms with E-state index in [2.05, 4.69) is 0 Å². The van der Waals surface area contributed by atoms with Crippen molar-refractivity contribution in [3.8, 4) is 11.5 Å². The molecule has 0 aliphatic rings. The minimum atomic E-state index is -1.10. The maximum Gasteiger partial charge on any atom is 0.513 e. The van der Waals surface area contributed by atoms with Crippen molar-refractivity contribution in [2.24, 2.45) is 17.6 Å². The van der Waals surface area contributed by atoms with Gasteiger partial charge in [-0.25, -0.2) is 14.4 Å². The molecule has 0 radical (unpaired) electrons. The summed E-state index contributed by atoms with van der Waals surface area (Å²) >= 11 is 0. The first-order chi connectivity index (χ1) is 20.3. The zero-order valence-corrected chi connectivity index (χ0v) is 26.6. The van der Waals surface area contributed by atoms with Crippen LogP contribution in [-0.4, -0.2) is 62.5 Å². The summed E-state index contributed by atoms with van der Waals surface area (Å²) in [7, 11) is 0. The molecule has 0 unspecified atom stereocenters. The second kappa shape index (κ2) is 20.4.